The standard InChI is InChI=1S/C16H12FNO2/c17-15-8-13(6-5-12(15)9-18)19-10-14-7-11-3-1-2-4-16(11)20-14/h1-6,8,14H,7,10H2. The van der Waals surface area contributed by atoms with Crippen molar-refractivity contribution in [1.29, 1.82) is 5.26 Å². The normalized spacial score (nSPS) is 16.1. The molecule has 1 aliphatic heterocycles. The Hall–Kier alpha value is -2.54. The quantitative estimate of drug-likeness (QED) is 0.860. The number of hydrogen-bond donors (Lipinski definition) is 0. The van der Waals surface area contributed by atoms with Crippen molar-refractivity contribution in [3.8, 4) is 17.6 Å². The van der Waals surface area contributed by atoms with Gasteiger partial charge in [-0.3, -0.25) is 0 Å². The molecule has 0 saturated carbocycles. The third-order valence-corrected chi connectivity index (χ3v) is 3.21. The number of benzene rings is 2. The van der Waals surface area contributed by atoms with Gasteiger partial charge in [0, 0.05) is 12.5 Å². The van der Waals surface area contributed by atoms with Crippen molar-refractivity contribution in [3.05, 3.63) is 59.4 Å². The van der Waals surface area contributed by atoms with Crippen molar-refractivity contribution < 1.29 is 13.9 Å². The van der Waals surface area contributed by atoms with Crippen molar-refractivity contribution in [3.63, 3.8) is 0 Å². The summed E-state index contributed by atoms with van der Waals surface area (Å²) in [6.45, 7) is 0.347. The van der Waals surface area contributed by atoms with Gasteiger partial charge in [-0.05, 0) is 23.8 Å². The summed E-state index contributed by atoms with van der Waals surface area (Å²) in [6.07, 6.45) is 0.723. The lowest BCUT2D eigenvalue weighted by Crippen LogP contribution is -2.22. The van der Waals surface area contributed by atoms with Gasteiger partial charge < -0.3 is 9.47 Å². The summed E-state index contributed by atoms with van der Waals surface area (Å²) >= 11 is 0. The van der Waals surface area contributed by atoms with Gasteiger partial charge >= 0.3 is 0 Å². The van der Waals surface area contributed by atoms with Crippen LogP contribution >= 0.6 is 0 Å². The molecule has 0 saturated heterocycles. The van der Waals surface area contributed by atoms with Crippen molar-refractivity contribution in [2.24, 2.45) is 0 Å². The predicted octanol–water partition coefficient (Wildman–Crippen LogP) is 3.08. The average molecular weight is 269 g/mol. The summed E-state index contributed by atoms with van der Waals surface area (Å²) in [7, 11) is 0. The van der Waals surface area contributed by atoms with Gasteiger partial charge in [0.25, 0.3) is 0 Å². The van der Waals surface area contributed by atoms with Gasteiger partial charge in [0.2, 0.25) is 0 Å². The SMILES string of the molecule is N#Cc1ccc(OCC2Cc3ccccc3O2)cc1F. The van der Waals surface area contributed by atoms with Crippen LogP contribution in [0.3, 0.4) is 0 Å². The highest BCUT2D eigenvalue weighted by Gasteiger charge is 2.22. The smallest absolute Gasteiger partial charge is 0.144 e. The number of para-hydroxylation sites is 1. The Morgan fingerprint density at radius 2 is 2.15 bits per heavy atom. The van der Waals surface area contributed by atoms with E-state index in [2.05, 4.69) is 0 Å². The van der Waals surface area contributed by atoms with E-state index in [-0.39, 0.29) is 11.7 Å². The summed E-state index contributed by atoms with van der Waals surface area (Å²) in [4.78, 5) is 0. The summed E-state index contributed by atoms with van der Waals surface area (Å²) in [5.41, 5.74) is 1.17. The molecule has 100 valence electrons. The first-order valence-electron chi connectivity index (χ1n) is 6.33. The molecule has 0 bridgehead atoms. The van der Waals surface area contributed by atoms with E-state index in [0.29, 0.717) is 12.4 Å². The number of hydrogen-bond acceptors (Lipinski definition) is 3. The van der Waals surface area contributed by atoms with Crippen LogP contribution in [0.15, 0.2) is 42.5 Å². The lowest BCUT2D eigenvalue weighted by molar-refractivity contribution is 0.148. The zero-order valence-corrected chi connectivity index (χ0v) is 10.7. The van der Waals surface area contributed by atoms with Crippen LogP contribution in [-0.2, 0) is 6.42 Å². The summed E-state index contributed by atoms with van der Waals surface area (Å²) in [5.74, 6) is 0.716. The molecule has 20 heavy (non-hydrogen) atoms. The van der Waals surface area contributed by atoms with Crippen LogP contribution in [0, 0.1) is 17.1 Å². The molecule has 0 fully saturated rings. The average Bonchev–Trinajstić information content (AvgIpc) is 2.88. The molecule has 0 aliphatic carbocycles. The Bertz CT molecular complexity index is 653. The third-order valence-electron chi connectivity index (χ3n) is 3.21. The lowest BCUT2D eigenvalue weighted by atomic mass is 10.1. The molecular formula is C16H12FNO2. The van der Waals surface area contributed by atoms with Crippen LogP contribution in [0.25, 0.3) is 0 Å². The van der Waals surface area contributed by atoms with Crippen LogP contribution in [-0.4, -0.2) is 12.7 Å². The summed E-state index contributed by atoms with van der Waals surface area (Å²) < 4.78 is 24.7. The molecule has 4 heteroatoms. The minimum absolute atomic E-state index is 0.0156. The van der Waals surface area contributed by atoms with Gasteiger partial charge in [0.05, 0.1) is 5.56 Å². The van der Waals surface area contributed by atoms with Crippen LogP contribution in [0.5, 0.6) is 11.5 Å². The number of fused-ring (bicyclic) bond motifs is 1. The van der Waals surface area contributed by atoms with E-state index in [9.17, 15) is 4.39 Å². The molecule has 0 N–H and O–H groups in total. The summed E-state index contributed by atoms with van der Waals surface area (Å²) in [5, 5.41) is 8.66. The van der Waals surface area contributed by atoms with Gasteiger partial charge in [0.1, 0.15) is 36.1 Å². The highest BCUT2D eigenvalue weighted by molar-refractivity contribution is 5.38. The molecule has 2 aromatic carbocycles. The van der Waals surface area contributed by atoms with Crippen LogP contribution < -0.4 is 9.47 Å². The molecule has 1 unspecified atom stereocenters. The van der Waals surface area contributed by atoms with Gasteiger partial charge in [0.15, 0.2) is 0 Å². The molecule has 2 aromatic rings. The fourth-order valence-electron chi connectivity index (χ4n) is 2.21. The predicted molar refractivity (Wildman–Crippen MR) is 71.2 cm³/mol. The van der Waals surface area contributed by atoms with Gasteiger partial charge in [-0.25, -0.2) is 4.39 Å². The lowest BCUT2D eigenvalue weighted by Gasteiger charge is -2.12. The largest absolute Gasteiger partial charge is 0.490 e. The van der Waals surface area contributed by atoms with E-state index in [1.165, 1.54) is 12.1 Å². The minimum atomic E-state index is -0.569. The van der Waals surface area contributed by atoms with E-state index in [1.807, 2.05) is 24.3 Å². The highest BCUT2D eigenvalue weighted by Crippen LogP contribution is 2.28. The highest BCUT2D eigenvalue weighted by atomic mass is 19.1. The molecule has 1 heterocycles. The van der Waals surface area contributed by atoms with E-state index < -0.39 is 5.82 Å². The second kappa shape index (κ2) is 5.22. The van der Waals surface area contributed by atoms with Crippen LogP contribution in [0.4, 0.5) is 4.39 Å². The molecule has 0 amide bonds. The van der Waals surface area contributed by atoms with E-state index in [4.69, 9.17) is 14.7 Å². The zero-order chi connectivity index (χ0) is 13.9. The third kappa shape index (κ3) is 2.43. The fraction of sp³-hybridized carbons (Fsp3) is 0.188. The topological polar surface area (TPSA) is 42.2 Å². The second-order valence-electron chi connectivity index (χ2n) is 4.62. The molecule has 1 aliphatic rings. The zero-order valence-electron chi connectivity index (χ0n) is 10.7. The van der Waals surface area contributed by atoms with E-state index in [0.717, 1.165) is 17.7 Å². The Kier molecular flexibility index (Phi) is 3.26. The van der Waals surface area contributed by atoms with Crippen LogP contribution in [0.1, 0.15) is 11.1 Å². The monoisotopic (exact) mass is 269 g/mol. The Morgan fingerprint density at radius 1 is 1.30 bits per heavy atom. The molecule has 3 nitrogen and oxygen atoms in total. The number of halogens is 1. The van der Waals surface area contributed by atoms with Gasteiger partial charge in [-0.2, -0.15) is 5.26 Å². The summed E-state index contributed by atoms with van der Waals surface area (Å²) in [6, 6.07) is 13.9. The maximum atomic E-state index is 13.4. The maximum Gasteiger partial charge on any atom is 0.144 e. The van der Waals surface area contributed by atoms with Crippen molar-refractivity contribution >= 4 is 0 Å². The van der Waals surface area contributed by atoms with Gasteiger partial charge in [-0.1, -0.05) is 18.2 Å². The Morgan fingerprint density at radius 3 is 2.90 bits per heavy atom. The second-order valence-corrected chi connectivity index (χ2v) is 4.62. The maximum absolute atomic E-state index is 13.4. The van der Waals surface area contributed by atoms with Crippen molar-refractivity contribution in [2.45, 2.75) is 12.5 Å². The number of rotatable bonds is 3. The molecule has 1 atom stereocenters. The first-order valence-corrected chi connectivity index (χ1v) is 6.33. The molecule has 0 aromatic heterocycles. The van der Waals surface area contributed by atoms with Gasteiger partial charge in [-0.15, -0.1) is 0 Å². The van der Waals surface area contributed by atoms with Crippen molar-refractivity contribution in [2.75, 3.05) is 6.61 Å². The first-order chi connectivity index (χ1) is 9.76. The molecule has 3 rings (SSSR count). The minimum Gasteiger partial charge on any atom is -0.490 e. The molecule has 0 radical (unpaired) electrons. The Balaban J connectivity index is 1.62. The number of ether oxygens (including phenoxy) is 2. The molecule has 0 spiro atoms. The number of nitriles is 1. The fourth-order valence-corrected chi connectivity index (χ4v) is 2.21. The number of nitrogens with zero attached hydrogens (tertiary/aromatic N) is 1. The molecular weight excluding hydrogens is 257 g/mol. The van der Waals surface area contributed by atoms with Crippen molar-refractivity contribution in [1.82, 2.24) is 0 Å². The van der Waals surface area contributed by atoms with E-state index >= 15 is 0 Å². The Labute approximate surface area is 116 Å². The van der Waals surface area contributed by atoms with Crippen LogP contribution in [0.2, 0.25) is 0 Å². The van der Waals surface area contributed by atoms with E-state index in [1.54, 1.807) is 12.1 Å². The first kappa shape index (κ1) is 12.5.